The summed E-state index contributed by atoms with van der Waals surface area (Å²) in [6.07, 6.45) is -4.81. The lowest BCUT2D eigenvalue weighted by molar-refractivity contribution is -0.274. The average molecular weight is 382 g/mol. The van der Waals surface area contributed by atoms with Gasteiger partial charge in [-0.1, -0.05) is 24.3 Å². The van der Waals surface area contributed by atoms with Crippen molar-refractivity contribution in [3.63, 3.8) is 0 Å². The standard InChI is InChI=1S/C13H7F4IO/c14-11-7-8(18)5-6-9(11)10-3-1-2-4-12(10)19-13(15,16)17/h1-7H. The summed E-state index contributed by atoms with van der Waals surface area (Å²) in [7, 11) is 0. The summed E-state index contributed by atoms with van der Waals surface area (Å²) in [5.41, 5.74) is 0.133. The molecule has 0 saturated carbocycles. The fourth-order valence-corrected chi connectivity index (χ4v) is 2.06. The minimum absolute atomic E-state index is 0.0636. The van der Waals surface area contributed by atoms with Crippen LogP contribution in [0.15, 0.2) is 42.5 Å². The number of alkyl halides is 3. The second-order valence-corrected chi connectivity index (χ2v) is 4.91. The Labute approximate surface area is 120 Å². The highest BCUT2D eigenvalue weighted by Gasteiger charge is 2.32. The fraction of sp³-hybridized carbons (Fsp3) is 0.0769. The quantitative estimate of drug-likeness (QED) is 0.525. The van der Waals surface area contributed by atoms with Crippen molar-refractivity contribution in [3.8, 4) is 16.9 Å². The van der Waals surface area contributed by atoms with Crippen molar-refractivity contribution in [1.82, 2.24) is 0 Å². The van der Waals surface area contributed by atoms with Gasteiger partial charge in [-0.2, -0.15) is 0 Å². The van der Waals surface area contributed by atoms with Gasteiger partial charge in [0.1, 0.15) is 11.6 Å². The Balaban J connectivity index is 2.50. The molecule has 0 aliphatic rings. The zero-order valence-electron chi connectivity index (χ0n) is 9.34. The van der Waals surface area contributed by atoms with Crippen LogP contribution in [0, 0.1) is 9.39 Å². The van der Waals surface area contributed by atoms with Crippen LogP contribution < -0.4 is 4.74 Å². The summed E-state index contributed by atoms with van der Waals surface area (Å²) < 4.78 is 55.2. The zero-order chi connectivity index (χ0) is 14.0. The van der Waals surface area contributed by atoms with E-state index in [4.69, 9.17) is 0 Å². The van der Waals surface area contributed by atoms with E-state index in [1.807, 2.05) is 22.6 Å². The lowest BCUT2D eigenvalue weighted by Gasteiger charge is -2.13. The van der Waals surface area contributed by atoms with E-state index in [9.17, 15) is 17.6 Å². The summed E-state index contributed by atoms with van der Waals surface area (Å²) in [5, 5.41) is 0. The molecule has 6 heteroatoms. The molecule has 0 N–H and O–H groups in total. The SMILES string of the molecule is Fc1cc(I)ccc1-c1ccccc1OC(F)(F)F. The zero-order valence-corrected chi connectivity index (χ0v) is 11.5. The van der Waals surface area contributed by atoms with E-state index in [2.05, 4.69) is 4.74 Å². The Morgan fingerprint density at radius 3 is 2.26 bits per heavy atom. The van der Waals surface area contributed by atoms with Gasteiger partial charge in [0.15, 0.2) is 0 Å². The van der Waals surface area contributed by atoms with Crippen LogP contribution in [0.25, 0.3) is 11.1 Å². The Morgan fingerprint density at radius 2 is 1.63 bits per heavy atom. The molecule has 2 rings (SSSR count). The number of rotatable bonds is 2. The highest BCUT2D eigenvalue weighted by Crippen LogP contribution is 2.35. The molecule has 0 fully saturated rings. The number of ether oxygens (including phenoxy) is 1. The van der Waals surface area contributed by atoms with Crippen molar-refractivity contribution in [2.45, 2.75) is 6.36 Å². The maximum Gasteiger partial charge on any atom is 0.573 e. The van der Waals surface area contributed by atoms with Gasteiger partial charge in [0.05, 0.1) is 0 Å². The molecule has 0 unspecified atom stereocenters. The molecule has 19 heavy (non-hydrogen) atoms. The molecular weight excluding hydrogens is 375 g/mol. The first-order chi connectivity index (χ1) is 8.87. The molecule has 0 bridgehead atoms. The maximum absolute atomic E-state index is 13.8. The van der Waals surface area contributed by atoms with Crippen molar-refractivity contribution in [2.24, 2.45) is 0 Å². The van der Waals surface area contributed by atoms with Crippen molar-refractivity contribution >= 4 is 22.6 Å². The summed E-state index contributed by atoms with van der Waals surface area (Å²) in [5.74, 6) is -1.01. The molecule has 1 nitrogen and oxygen atoms in total. The van der Waals surface area contributed by atoms with Crippen LogP contribution in [-0.2, 0) is 0 Å². The molecule has 0 aliphatic carbocycles. The minimum atomic E-state index is -4.81. The van der Waals surface area contributed by atoms with E-state index in [0.29, 0.717) is 3.57 Å². The van der Waals surface area contributed by atoms with Gasteiger partial charge >= 0.3 is 6.36 Å². The predicted molar refractivity (Wildman–Crippen MR) is 71.2 cm³/mol. The molecule has 0 amide bonds. The van der Waals surface area contributed by atoms with E-state index in [0.717, 1.165) is 6.07 Å². The van der Waals surface area contributed by atoms with Crippen molar-refractivity contribution in [1.29, 1.82) is 0 Å². The van der Waals surface area contributed by atoms with Gasteiger partial charge in [-0.15, -0.1) is 13.2 Å². The molecule has 0 aliphatic heterocycles. The summed E-state index contributed by atoms with van der Waals surface area (Å²) in [6, 6.07) is 9.75. The monoisotopic (exact) mass is 382 g/mol. The third-order valence-corrected chi connectivity index (χ3v) is 3.01. The second kappa shape index (κ2) is 5.36. The molecule has 100 valence electrons. The third-order valence-electron chi connectivity index (χ3n) is 2.33. The van der Waals surface area contributed by atoms with E-state index in [1.165, 1.54) is 30.3 Å². The smallest absolute Gasteiger partial charge is 0.405 e. The Bertz CT molecular complexity index is 595. The first-order valence-electron chi connectivity index (χ1n) is 5.17. The van der Waals surface area contributed by atoms with Gasteiger partial charge in [-0.05, 0) is 40.8 Å². The molecule has 0 heterocycles. The molecule has 2 aromatic carbocycles. The van der Waals surface area contributed by atoms with Crippen LogP contribution in [0.4, 0.5) is 17.6 Å². The summed E-state index contributed by atoms with van der Waals surface area (Å²) in [4.78, 5) is 0. The molecule has 0 spiro atoms. The van der Waals surface area contributed by atoms with Crippen LogP contribution in [0.1, 0.15) is 0 Å². The van der Waals surface area contributed by atoms with Gasteiger partial charge in [0.25, 0.3) is 0 Å². The summed E-state index contributed by atoms with van der Waals surface area (Å²) >= 11 is 1.92. The van der Waals surface area contributed by atoms with Crippen LogP contribution in [0.3, 0.4) is 0 Å². The first-order valence-corrected chi connectivity index (χ1v) is 6.25. The van der Waals surface area contributed by atoms with Gasteiger partial charge in [-0.25, -0.2) is 4.39 Å². The molecular formula is C13H7F4IO. The average Bonchev–Trinajstić information content (AvgIpc) is 2.28. The van der Waals surface area contributed by atoms with Crippen LogP contribution in [-0.4, -0.2) is 6.36 Å². The number of para-hydroxylation sites is 1. The number of benzene rings is 2. The van der Waals surface area contributed by atoms with Crippen LogP contribution in [0.2, 0.25) is 0 Å². The first kappa shape index (κ1) is 14.1. The van der Waals surface area contributed by atoms with E-state index >= 15 is 0 Å². The Morgan fingerprint density at radius 1 is 0.947 bits per heavy atom. The predicted octanol–water partition coefficient (Wildman–Crippen LogP) is 5.00. The van der Waals surface area contributed by atoms with Gasteiger partial charge < -0.3 is 4.74 Å². The van der Waals surface area contributed by atoms with Gasteiger partial charge in [0, 0.05) is 14.7 Å². The third kappa shape index (κ3) is 3.59. The number of halogens is 5. The number of hydrogen-bond donors (Lipinski definition) is 0. The van der Waals surface area contributed by atoms with Crippen LogP contribution >= 0.6 is 22.6 Å². The van der Waals surface area contributed by atoms with E-state index in [-0.39, 0.29) is 11.1 Å². The molecule has 0 saturated heterocycles. The van der Waals surface area contributed by atoms with Gasteiger partial charge in [0.2, 0.25) is 0 Å². The van der Waals surface area contributed by atoms with Crippen molar-refractivity contribution in [2.75, 3.05) is 0 Å². The normalized spacial score (nSPS) is 11.4. The topological polar surface area (TPSA) is 9.23 Å². The van der Waals surface area contributed by atoms with Gasteiger partial charge in [-0.3, -0.25) is 0 Å². The minimum Gasteiger partial charge on any atom is -0.405 e. The Hall–Kier alpha value is -1.31. The fourth-order valence-electron chi connectivity index (χ4n) is 1.61. The molecule has 0 radical (unpaired) electrons. The highest BCUT2D eigenvalue weighted by atomic mass is 127. The number of hydrogen-bond acceptors (Lipinski definition) is 1. The maximum atomic E-state index is 13.8. The summed E-state index contributed by atoms with van der Waals surface area (Å²) in [6.45, 7) is 0. The van der Waals surface area contributed by atoms with Crippen molar-refractivity contribution in [3.05, 3.63) is 51.9 Å². The lowest BCUT2D eigenvalue weighted by Crippen LogP contribution is -2.17. The molecule has 2 aromatic rings. The van der Waals surface area contributed by atoms with E-state index in [1.54, 1.807) is 6.07 Å². The lowest BCUT2D eigenvalue weighted by atomic mass is 10.0. The van der Waals surface area contributed by atoms with Crippen LogP contribution in [0.5, 0.6) is 5.75 Å². The van der Waals surface area contributed by atoms with E-state index < -0.39 is 17.9 Å². The molecule has 0 aromatic heterocycles. The highest BCUT2D eigenvalue weighted by molar-refractivity contribution is 14.1. The Kier molecular flexibility index (Phi) is 3.98. The molecule has 0 atom stereocenters. The van der Waals surface area contributed by atoms with Crippen molar-refractivity contribution < 1.29 is 22.3 Å². The second-order valence-electron chi connectivity index (χ2n) is 3.67. The largest absolute Gasteiger partial charge is 0.573 e.